The molecule has 0 rings (SSSR count). The summed E-state index contributed by atoms with van der Waals surface area (Å²) in [7, 11) is 0. The SMILES string of the molecule is CCCCCCCCCCCCCCCCCCC(=CC(=O)O)C(=O)O.[H-].[Na+]. The predicted octanol–water partition coefficient (Wildman–Crippen LogP) is 3.85. The van der Waals surface area contributed by atoms with E-state index >= 15 is 0 Å². The molecule has 5 heteroatoms. The van der Waals surface area contributed by atoms with E-state index in [-0.39, 0.29) is 36.6 Å². The summed E-state index contributed by atoms with van der Waals surface area (Å²) < 4.78 is 0. The van der Waals surface area contributed by atoms with Crippen LogP contribution in [0.25, 0.3) is 0 Å². The Morgan fingerprint density at radius 1 is 0.667 bits per heavy atom. The van der Waals surface area contributed by atoms with Crippen molar-refractivity contribution in [1.82, 2.24) is 0 Å². The van der Waals surface area contributed by atoms with Crippen molar-refractivity contribution in [2.45, 2.75) is 116 Å². The van der Waals surface area contributed by atoms with Crippen molar-refractivity contribution in [1.29, 1.82) is 0 Å². The molecule has 0 aliphatic carbocycles. The van der Waals surface area contributed by atoms with Gasteiger partial charge in [0.25, 0.3) is 0 Å². The number of rotatable bonds is 19. The number of hydrogen-bond acceptors (Lipinski definition) is 2. The molecule has 0 aliphatic heterocycles. The minimum absolute atomic E-state index is 0. The van der Waals surface area contributed by atoms with Crippen molar-refractivity contribution in [3.8, 4) is 0 Å². The Kier molecular flexibility index (Phi) is 23.5. The van der Waals surface area contributed by atoms with Gasteiger partial charge >= 0.3 is 41.5 Å². The standard InChI is InChI=1S/C22H40O4.Na.H/c1-2-3-4-5-6-7-8-9-10-11-12-13-14-15-16-17-18-20(22(25)26)19-21(23)24;;/h19H,2-18H2,1H3,(H,23,24)(H,25,26);;/q;+1;-1. The van der Waals surface area contributed by atoms with Crippen molar-refractivity contribution in [2.75, 3.05) is 0 Å². The van der Waals surface area contributed by atoms with Gasteiger partial charge in [-0.2, -0.15) is 0 Å². The number of carboxylic acid groups (broad SMARTS) is 2. The summed E-state index contributed by atoms with van der Waals surface area (Å²) in [6, 6.07) is 0. The van der Waals surface area contributed by atoms with Gasteiger partial charge in [0.15, 0.2) is 0 Å². The van der Waals surface area contributed by atoms with Gasteiger partial charge in [-0.25, -0.2) is 9.59 Å². The van der Waals surface area contributed by atoms with Gasteiger partial charge < -0.3 is 11.6 Å². The summed E-state index contributed by atoms with van der Waals surface area (Å²) in [5, 5.41) is 17.5. The zero-order chi connectivity index (χ0) is 19.5. The van der Waals surface area contributed by atoms with E-state index in [0.29, 0.717) is 6.42 Å². The molecule has 0 heterocycles. The fraction of sp³-hybridized carbons (Fsp3) is 0.818. The van der Waals surface area contributed by atoms with E-state index in [1.807, 2.05) is 0 Å². The molecular formula is C22H41NaO4. The Hall–Kier alpha value is -0.320. The Morgan fingerprint density at radius 2 is 1.00 bits per heavy atom. The van der Waals surface area contributed by atoms with Gasteiger partial charge in [-0.3, -0.25) is 0 Å². The first kappa shape index (κ1) is 28.9. The summed E-state index contributed by atoms with van der Waals surface area (Å²) in [5.41, 5.74) is 0.00265. The summed E-state index contributed by atoms with van der Waals surface area (Å²) in [6.07, 6.45) is 21.6. The number of hydrogen-bond donors (Lipinski definition) is 2. The van der Waals surface area contributed by atoms with E-state index in [2.05, 4.69) is 6.92 Å². The van der Waals surface area contributed by atoms with Crippen LogP contribution in [0.15, 0.2) is 11.6 Å². The van der Waals surface area contributed by atoms with Crippen LogP contribution in [0.3, 0.4) is 0 Å². The van der Waals surface area contributed by atoms with E-state index in [0.717, 1.165) is 25.3 Å². The molecule has 0 saturated heterocycles. The largest absolute Gasteiger partial charge is 1.00 e. The molecule has 0 aromatic carbocycles. The van der Waals surface area contributed by atoms with Crippen LogP contribution in [0.5, 0.6) is 0 Å². The first-order valence-corrected chi connectivity index (χ1v) is 10.7. The van der Waals surface area contributed by atoms with Crippen molar-refractivity contribution in [3.05, 3.63) is 11.6 Å². The van der Waals surface area contributed by atoms with E-state index in [4.69, 9.17) is 10.2 Å². The molecule has 27 heavy (non-hydrogen) atoms. The van der Waals surface area contributed by atoms with Gasteiger partial charge in [0.1, 0.15) is 0 Å². The summed E-state index contributed by atoms with van der Waals surface area (Å²) in [4.78, 5) is 21.4. The molecule has 4 nitrogen and oxygen atoms in total. The van der Waals surface area contributed by atoms with Crippen molar-refractivity contribution < 1.29 is 50.8 Å². The van der Waals surface area contributed by atoms with Gasteiger partial charge in [-0.1, -0.05) is 103 Å². The minimum Gasteiger partial charge on any atom is -1.00 e. The average Bonchev–Trinajstić information content (AvgIpc) is 2.59. The maximum absolute atomic E-state index is 10.9. The molecule has 0 spiro atoms. The number of carbonyl (C=O) groups is 2. The first-order chi connectivity index (χ1) is 12.6. The van der Waals surface area contributed by atoms with Crippen LogP contribution in [-0.2, 0) is 9.59 Å². The predicted molar refractivity (Wildman–Crippen MR) is 109 cm³/mol. The molecule has 0 fully saturated rings. The molecule has 2 N–H and O–H groups in total. The van der Waals surface area contributed by atoms with E-state index in [1.165, 1.54) is 83.5 Å². The van der Waals surface area contributed by atoms with Gasteiger partial charge in [-0.05, 0) is 12.8 Å². The second kappa shape index (κ2) is 22.0. The molecule has 0 bridgehead atoms. The fourth-order valence-electron chi connectivity index (χ4n) is 3.25. The average molecular weight is 393 g/mol. The second-order valence-corrected chi connectivity index (χ2v) is 7.37. The maximum Gasteiger partial charge on any atom is 1.00 e. The van der Waals surface area contributed by atoms with Crippen molar-refractivity contribution in [2.24, 2.45) is 0 Å². The smallest absolute Gasteiger partial charge is 1.00 e. The van der Waals surface area contributed by atoms with Crippen LogP contribution in [0.1, 0.15) is 118 Å². The van der Waals surface area contributed by atoms with Crippen LogP contribution >= 0.6 is 0 Å². The van der Waals surface area contributed by atoms with Crippen LogP contribution in [0.2, 0.25) is 0 Å². The van der Waals surface area contributed by atoms with E-state index in [9.17, 15) is 9.59 Å². The molecule has 0 aromatic heterocycles. The van der Waals surface area contributed by atoms with Crippen LogP contribution in [0, 0.1) is 0 Å². The summed E-state index contributed by atoms with van der Waals surface area (Å²) >= 11 is 0. The van der Waals surface area contributed by atoms with E-state index in [1.54, 1.807) is 0 Å². The Morgan fingerprint density at radius 3 is 1.30 bits per heavy atom. The molecule has 0 atom stereocenters. The van der Waals surface area contributed by atoms with Crippen LogP contribution < -0.4 is 29.6 Å². The Labute approximate surface area is 190 Å². The summed E-state index contributed by atoms with van der Waals surface area (Å²) in [5.74, 6) is -2.30. The first-order valence-electron chi connectivity index (χ1n) is 10.7. The molecule has 0 amide bonds. The molecule has 0 aliphatic rings. The topological polar surface area (TPSA) is 74.6 Å². The fourth-order valence-corrected chi connectivity index (χ4v) is 3.25. The monoisotopic (exact) mass is 392 g/mol. The zero-order valence-electron chi connectivity index (χ0n) is 18.8. The zero-order valence-corrected chi connectivity index (χ0v) is 19.8. The Balaban J connectivity index is -0.00000312. The van der Waals surface area contributed by atoms with E-state index < -0.39 is 11.9 Å². The molecule has 0 radical (unpaired) electrons. The summed E-state index contributed by atoms with van der Waals surface area (Å²) in [6.45, 7) is 2.26. The molecule has 0 saturated carbocycles. The minimum atomic E-state index is -1.18. The van der Waals surface area contributed by atoms with Crippen molar-refractivity contribution >= 4 is 11.9 Å². The van der Waals surface area contributed by atoms with Gasteiger partial charge in [-0.15, -0.1) is 0 Å². The third-order valence-corrected chi connectivity index (χ3v) is 4.87. The number of unbranched alkanes of at least 4 members (excludes halogenated alkanes) is 15. The third kappa shape index (κ3) is 21.8. The molecular weight excluding hydrogens is 351 g/mol. The van der Waals surface area contributed by atoms with Crippen molar-refractivity contribution in [3.63, 3.8) is 0 Å². The van der Waals surface area contributed by atoms with Crippen LogP contribution in [-0.4, -0.2) is 22.2 Å². The second-order valence-electron chi connectivity index (χ2n) is 7.37. The van der Waals surface area contributed by atoms with Gasteiger partial charge in [0, 0.05) is 11.6 Å². The maximum atomic E-state index is 10.9. The normalized spacial score (nSPS) is 11.2. The van der Waals surface area contributed by atoms with Crippen LogP contribution in [0.4, 0.5) is 0 Å². The number of aliphatic carboxylic acids is 2. The molecule has 154 valence electrons. The third-order valence-electron chi connectivity index (χ3n) is 4.87. The number of carboxylic acids is 2. The van der Waals surface area contributed by atoms with Gasteiger partial charge in [0.05, 0.1) is 0 Å². The quantitative estimate of drug-likeness (QED) is 0.199. The van der Waals surface area contributed by atoms with Gasteiger partial charge in [0.2, 0.25) is 0 Å². The molecule has 0 unspecified atom stereocenters. The Bertz CT molecular complexity index is 400. The molecule has 0 aromatic rings.